The monoisotopic (exact) mass is 296 g/mol. The van der Waals surface area contributed by atoms with E-state index in [-0.39, 0.29) is 11.8 Å². The van der Waals surface area contributed by atoms with Gasteiger partial charge < -0.3 is 4.57 Å². The average Bonchev–Trinajstić information content (AvgIpc) is 2.96. The molecule has 2 heterocycles. The SMILES string of the molecule is CCCCC1=C(c2cn(C)c3ccccc23)C(=O)N(C)C1=O. The lowest BCUT2D eigenvalue weighted by Gasteiger charge is -2.06. The molecule has 1 aliphatic rings. The lowest BCUT2D eigenvalue weighted by Crippen LogP contribution is -2.26. The first-order valence-electron chi connectivity index (χ1n) is 7.66. The van der Waals surface area contributed by atoms with Crippen molar-refractivity contribution >= 4 is 28.3 Å². The van der Waals surface area contributed by atoms with Gasteiger partial charge in [0, 0.05) is 42.3 Å². The van der Waals surface area contributed by atoms with Crippen molar-refractivity contribution in [1.29, 1.82) is 0 Å². The Morgan fingerprint density at radius 3 is 2.50 bits per heavy atom. The first-order valence-corrected chi connectivity index (χ1v) is 7.66. The number of para-hydroxylation sites is 1. The zero-order chi connectivity index (χ0) is 15.9. The van der Waals surface area contributed by atoms with Gasteiger partial charge in [0.15, 0.2) is 0 Å². The number of carbonyl (C=O) groups excluding carboxylic acids is 2. The van der Waals surface area contributed by atoms with Crippen LogP contribution in [-0.2, 0) is 16.6 Å². The van der Waals surface area contributed by atoms with E-state index in [1.165, 1.54) is 4.90 Å². The molecule has 1 aromatic carbocycles. The van der Waals surface area contributed by atoms with Crippen molar-refractivity contribution in [3.8, 4) is 0 Å². The van der Waals surface area contributed by atoms with Crippen molar-refractivity contribution in [1.82, 2.24) is 9.47 Å². The fourth-order valence-electron chi connectivity index (χ4n) is 3.10. The highest BCUT2D eigenvalue weighted by Crippen LogP contribution is 2.35. The van der Waals surface area contributed by atoms with Crippen LogP contribution in [0.4, 0.5) is 0 Å². The maximum atomic E-state index is 12.6. The normalized spacial score (nSPS) is 15.5. The van der Waals surface area contributed by atoms with Crippen molar-refractivity contribution < 1.29 is 9.59 Å². The Morgan fingerprint density at radius 1 is 1.05 bits per heavy atom. The minimum absolute atomic E-state index is 0.151. The van der Waals surface area contributed by atoms with Crippen LogP contribution in [0, 0.1) is 0 Å². The van der Waals surface area contributed by atoms with E-state index in [9.17, 15) is 9.59 Å². The second-order valence-electron chi connectivity index (χ2n) is 5.80. The number of carbonyl (C=O) groups is 2. The second kappa shape index (κ2) is 5.44. The molecule has 0 unspecified atom stereocenters. The van der Waals surface area contributed by atoms with E-state index in [1.807, 2.05) is 42.1 Å². The molecule has 114 valence electrons. The van der Waals surface area contributed by atoms with E-state index in [4.69, 9.17) is 0 Å². The fraction of sp³-hybridized carbons (Fsp3) is 0.333. The summed E-state index contributed by atoms with van der Waals surface area (Å²) in [6, 6.07) is 7.97. The molecular weight excluding hydrogens is 276 g/mol. The Kier molecular flexibility index (Phi) is 3.61. The molecular formula is C18H20N2O2. The zero-order valence-electron chi connectivity index (χ0n) is 13.2. The highest BCUT2D eigenvalue weighted by Gasteiger charge is 2.36. The summed E-state index contributed by atoms with van der Waals surface area (Å²) in [4.78, 5) is 26.2. The topological polar surface area (TPSA) is 42.3 Å². The van der Waals surface area contributed by atoms with Gasteiger partial charge in [-0.2, -0.15) is 0 Å². The summed E-state index contributed by atoms with van der Waals surface area (Å²) in [5.74, 6) is -0.339. The number of hydrogen-bond donors (Lipinski definition) is 0. The largest absolute Gasteiger partial charge is 0.350 e. The Hall–Kier alpha value is -2.36. The number of nitrogens with zero attached hydrogens (tertiary/aromatic N) is 2. The molecule has 0 N–H and O–H groups in total. The number of likely N-dealkylation sites (N-methyl/N-ethyl adjacent to an activating group) is 1. The van der Waals surface area contributed by atoms with Crippen molar-refractivity contribution in [2.24, 2.45) is 7.05 Å². The number of aromatic nitrogens is 1. The minimum atomic E-state index is -0.188. The molecule has 22 heavy (non-hydrogen) atoms. The van der Waals surface area contributed by atoms with Gasteiger partial charge in [-0.05, 0) is 18.9 Å². The Bertz CT molecular complexity index is 799. The smallest absolute Gasteiger partial charge is 0.261 e. The predicted octanol–water partition coefficient (Wildman–Crippen LogP) is 3.12. The molecule has 4 heteroatoms. The molecule has 0 radical (unpaired) electrons. The number of hydrogen-bond acceptors (Lipinski definition) is 2. The van der Waals surface area contributed by atoms with E-state index < -0.39 is 0 Å². The average molecular weight is 296 g/mol. The van der Waals surface area contributed by atoms with E-state index in [0.717, 1.165) is 29.3 Å². The first-order chi connectivity index (χ1) is 10.6. The number of amides is 2. The molecule has 2 aromatic rings. The van der Waals surface area contributed by atoms with Crippen molar-refractivity contribution in [3.63, 3.8) is 0 Å². The highest BCUT2D eigenvalue weighted by atomic mass is 16.2. The van der Waals surface area contributed by atoms with Gasteiger partial charge in [-0.3, -0.25) is 14.5 Å². The van der Waals surface area contributed by atoms with Crippen molar-refractivity contribution in [2.45, 2.75) is 26.2 Å². The van der Waals surface area contributed by atoms with Crippen LogP contribution in [0.2, 0.25) is 0 Å². The van der Waals surface area contributed by atoms with Crippen molar-refractivity contribution in [3.05, 3.63) is 41.6 Å². The van der Waals surface area contributed by atoms with Crippen LogP contribution >= 0.6 is 0 Å². The third kappa shape index (κ3) is 2.06. The maximum absolute atomic E-state index is 12.6. The Labute approximate surface area is 130 Å². The van der Waals surface area contributed by atoms with Crippen molar-refractivity contribution in [2.75, 3.05) is 7.05 Å². The molecule has 0 fully saturated rings. The third-order valence-electron chi connectivity index (χ3n) is 4.33. The van der Waals surface area contributed by atoms with Crippen LogP contribution in [0.15, 0.2) is 36.0 Å². The minimum Gasteiger partial charge on any atom is -0.350 e. The van der Waals surface area contributed by atoms with Crippen LogP contribution in [0.5, 0.6) is 0 Å². The van der Waals surface area contributed by atoms with Gasteiger partial charge in [0.1, 0.15) is 0 Å². The number of benzene rings is 1. The van der Waals surface area contributed by atoms with E-state index in [1.54, 1.807) is 7.05 Å². The van der Waals surface area contributed by atoms with E-state index >= 15 is 0 Å². The van der Waals surface area contributed by atoms with Crippen LogP contribution in [-0.4, -0.2) is 28.3 Å². The molecule has 0 saturated carbocycles. The number of rotatable bonds is 4. The number of imide groups is 1. The quantitative estimate of drug-likeness (QED) is 0.814. The molecule has 0 atom stereocenters. The highest BCUT2D eigenvalue weighted by molar-refractivity contribution is 6.37. The molecule has 0 aliphatic carbocycles. The molecule has 0 saturated heterocycles. The summed E-state index contributed by atoms with van der Waals surface area (Å²) in [7, 11) is 3.53. The lowest BCUT2D eigenvalue weighted by atomic mass is 9.97. The zero-order valence-corrected chi connectivity index (χ0v) is 13.2. The summed E-state index contributed by atoms with van der Waals surface area (Å²) in [5, 5.41) is 1.02. The third-order valence-corrected chi connectivity index (χ3v) is 4.33. The van der Waals surface area contributed by atoms with Gasteiger partial charge in [-0.15, -0.1) is 0 Å². The summed E-state index contributed by atoms with van der Waals surface area (Å²) >= 11 is 0. The Balaban J connectivity index is 2.23. The van der Waals surface area contributed by atoms with E-state index in [0.29, 0.717) is 17.6 Å². The molecule has 2 amide bonds. The van der Waals surface area contributed by atoms with Gasteiger partial charge in [0.05, 0.1) is 5.57 Å². The number of unbranched alkanes of at least 4 members (excludes halogenated alkanes) is 1. The maximum Gasteiger partial charge on any atom is 0.261 e. The van der Waals surface area contributed by atoms with Gasteiger partial charge in [-0.1, -0.05) is 31.5 Å². The van der Waals surface area contributed by atoms with Gasteiger partial charge in [0.25, 0.3) is 11.8 Å². The fourth-order valence-corrected chi connectivity index (χ4v) is 3.10. The second-order valence-corrected chi connectivity index (χ2v) is 5.80. The van der Waals surface area contributed by atoms with Gasteiger partial charge >= 0.3 is 0 Å². The van der Waals surface area contributed by atoms with Crippen LogP contribution in [0.1, 0.15) is 31.7 Å². The molecule has 1 aromatic heterocycles. The van der Waals surface area contributed by atoms with Gasteiger partial charge in [0.2, 0.25) is 0 Å². The summed E-state index contributed by atoms with van der Waals surface area (Å²) in [6.07, 6.45) is 4.52. The molecule has 4 nitrogen and oxygen atoms in total. The number of fused-ring (bicyclic) bond motifs is 1. The summed E-state index contributed by atoms with van der Waals surface area (Å²) in [6.45, 7) is 2.09. The van der Waals surface area contributed by atoms with Crippen LogP contribution in [0.3, 0.4) is 0 Å². The lowest BCUT2D eigenvalue weighted by molar-refractivity contribution is -0.135. The van der Waals surface area contributed by atoms with Crippen LogP contribution < -0.4 is 0 Å². The van der Waals surface area contributed by atoms with E-state index in [2.05, 4.69) is 6.92 Å². The summed E-state index contributed by atoms with van der Waals surface area (Å²) < 4.78 is 2.01. The first kappa shape index (κ1) is 14.6. The predicted molar refractivity (Wildman–Crippen MR) is 87.1 cm³/mol. The number of aryl methyl sites for hydroxylation is 1. The molecule has 0 spiro atoms. The standard InChI is InChI=1S/C18H20N2O2/c1-4-5-8-13-16(18(22)20(3)17(13)21)14-11-19(2)15-10-7-6-9-12(14)15/h6-7,9-11H,4-5,8H2,1-3H3. The summed E-state index contributed by atoms with van der Waals surface area (Å²) in [5.41, 5.74) is 3.17. The molecule has 1 aliphatic heterocycles. The molecule has 3 rings (SSSR count). The molecule has 0 bridgehead atoms. The Morgan fingerprint density at radius 2 is 1.77 bits per heavy atom. The van der Waals surface area contributed by atoms with Crippen LogP contribution in [0.25, 0.3) is 16.5 Å². The van der Waals surface area contributed by atoms with Gasteiger partial charge in [-0.25, -0.2) is 0 Å².